The third-order valence-electron chi connectivity index (χ3n) is 4.61. The lowest BCUT2D eigenvalue weighted by molar-refractivity contribution is -0.133. The van der Waals surface area contributed by atoms with Gasteiger partial charge in [0.15, 0.2) is 5.82 Å². The Balaban J connectivity index is 1.80. The molecular formula is C18H24N4O2. The molecule has 24 heavy (non-hydrogen) atoms. The molecule has 2 aromatic rings. The van der Waals surface area contributed by atoms with Gasteiger partial charge in [0.1, 0.15) is 11.5 Å². The van der Waals surface area contributed by atoms with Crippen molar-refractivity contribution in [2.45, 2.75) is 39.7 Å². The molecule has 0 spiro atoms. The number of furan rings is 1. The Hall–Kier alpha value is -2.37. The van der Waals surface area contributed by atoms with Crippen LogP contribution in [0.4, 0.5) is 5.82 Å². The number of fused-ring (bicyclic) bond motifs is 1. The molecule has 6 nitrogen and oxygen atoms in total. The van der Waals surface area contributed by atoms with Gasteiger partial charge in [0, 0.05) is 39.2 Å². The zero-order chi connectivity index (χ0) is 17.4. The predicted octanol–water partition coefficient (Wildman–Crippen LogP) is 2.44. The van der Waals surface area contributed by atoms with E-state index in [1.165, 1.54) is 0 Å². The molecule has 0 aromatic carbocycles. The number of anilines is 1. The van der Waals surface area contributed by atoms with Gasteiger partial charge in [-0.3, -0.25) is 4.79 Å². The van der Waals surface area contributed by atoms with E-state index < -0.39 is 0 Å². The monoisotopic (exact) mass is 328 g/mol. The summed E-state index contributed by atoms with van der Waals surface area (Å²) in [6.45, 7) is 7.04. The smallest absolute Gasteiger partial charge is 0.230 e. The van der Waals surface area contributed by atoms with Gasteiger partial charge < -0.3 is 14.2 Å². The predicted molar refractivity (Wildman–Crippen MR) is 92.1 cm³/mol. The maximum Gasteiger partial charge on any atom is 0.230 e. The van der Waals surface area contributed by atoms with E-state index in [4.69, 9.17) is 4.42 Å². The number of rotatable bonds is 3. The van der Waals surface area contributed by atoms with Crippen molar-refractivity contribution in [2.24, 2.45) is 0 Å². The summed E-state index contributed by atoms with van der Waals surface area (Å²) in [6, 6.07) is 3.99. The summed E-state index contributed by atoms with van der Waals surface area (Å²) in [5, 5.41) is 8.53. The number of hydrogen-bond acceptors (Lipinski definition) is 5. The van der Waals surface area contributed by atoms with Gasteiger partial charge in [-0.1, -0.05) is 0 Å². The van der Waals surface area contributed by atoms with Crippen molar-refractivity contribution >= 4 is 11.7 Å². The lowest BCUT2D eigenvalue weighted by Gasteiger charge is -2.30. The first-order valence-corrected chi connectivity index (χ1v) is 8.25. The molecular weight excluding hydrogens is 304 g/mol. The van der Waals surface area contributed by atoms with Gasteiger partial charge >= 0.3 is 0 Å². The molecule has 0 fully saturated rings. The number of hydrogen-bond donors (Lipinski definition) is 0. The molecule has 1 aliphatic heterocycles. The lowest BCUT2D eigenvalue weighted by atomic mass is 9.98. The molecule has 0 bridgehead atoms. The average Bonchev–Trinajstić information content (AvgIpc) is 2.90. The van der Waals surface area contributed by atoms with Crippen molar-refractivity contribution in [1.82, 2.24) is 15.1 Å². The molecule has 0 aliphatic carbocycles. The summed E-state index contributed by atoms with van der Waals surface area (Å²) in [7, 11) is 3.88. The summed E-state index contributed by atoms with van der Waals surface area (Å²) in [5.41, 5.74) is 3.05. The minimum Gasteiger partial charge on any atom is -0.466 e. The van der Waals surface area contributed by atoms with Crippen molar-refractivity contribution in [2.75, 3.05) is 25.5 Å². The van der Waals surface area contributed by atoms with Crippen LogP contribution in [-0.4, -0.2) is 41.6 Å². The second kappa shape index (κ2) is 6.26. The minimum atomic E-state index is -0.202. The fraction of sp³-hybridized carbons (Fsp3) is 0.500. The third kappa shape index (κ3) is 3.00. The van der Waals surface area contributed by atoms with E-state index in [9.17, 15) is 4.79 Å². The molecule has 2 aromatic heterocycles. The molecule has 0 unspecified atom stereocenters. The largest absolute Gasteiger partial charge is 0.466 e. The van der Waals surface area contributed by atoms with E-state index in [1.54, 1.807) is 0 Å². The van der Waals surface area contributed by atoms with Crippen LogP contribution in [-0.2, 0) is 17.8 Å². The van der Waals surface area contributed by atoms with E-state index in [-0.39, 0.29) is 11.8 Å². The number of nitrogens with zero attached hydrogens (tertiary/aromatic N) is 4. The number of carbonyl (C=O) groups excluding carboxylic acids is 1. The minimum absolute atomic E-state index is 0.132. The van der Waals surface area contributed by atoms with Crippen LogP contribution < -0.4 is 4.90 Å². The molecule has 3 heterocycles. The van der Waals surface area contributed by atoms with E-state index in [0.29, 0.717) is 13.1 Å². The van der Waals surface area contributed by atoms with Crippen LogP contribution in [0, 0.1) is 13.8 Å². The number of amides is 1. The Labute approximate surface area is 142 Å². The zero-order valence-electron chi connectivity index (χ0n) is 15.0. The number of aryl methyl sites for hydroxylation is 2. The molecule has 3 rings (SSSR count). The third-order valence-corrected chi connectivity index (χ3v) is 4.61. The maximum absolute atomic E-state index is 12.9. The molecule has 128 valence electrons. The Morgan fingerprint density at radius 3 is 2.67 bits per heavy atom. The molecule has 1 amide bonds. The van der Waals surface area contributed by atoms with Crippen molar-refractivity contribution in [3.8, 4) is 0 Å². The van der Waals surface area contributed by atoms with Gasteiger partial charge in [-0.2, -0.15) is 5.10 Å². The Kier molecular flexibility index (Phi) is 4.30. The second-order valence-corrected chi connectivity index (χ2v) is 6.67. The van der Waals surface area contributed by atoms with Gasteiger partial charge in [-0.05, 0) is 38.5 Å². The Morgan fingerprint density at radius 1 is 1.29 bits per heavy atom. The highest BCUT2D eigenvalue weighted by Gasteiger charge is 2.28. The second-order valence-electron chi connectivity index (χ2n) is 6.67. The standard InChI is InChI=1S/C18H24N4O2/c1-11-8-15(13(3)24-11)12(2)18(23)22-7-6-16-14(10-22)9-17(20-19-16)21(4)5/h8-9,12H,6-7,10H2,1-5H3/t12-/m1/s1. The zero-order valence-corrected chi connectivity index (χ0v) is 15.0. The highest BCUT2D eigenvalue weighted by Crippen LogP contribution is 2.27. The maximum atomic E-state index is 12.9. The van der Waals surface area contributed by atoms with Crippen molar-refractivity contribution < 1.29 is 9.21 Å². The number of aromatic nitrogens is 2. The van der Waals surface area contributed by atoms with Crippen molar-refractivity contribution in [1.29, 1.82) is 0 Å². The van der Waals surface area contributed by atoms with E-state index in [2.05, 4.69) is 10.2 Å². The average molecular weight is 328 g/mol. The SMILES string of the molecule is Cc1cc([C@@H](C)C(=O)N2CCc3nnc(N(C)C)cc3C2)c(C)o1. The van der Waals surface area contributed by atoms with Gasteiger partial charge in [0.2, 0.25) is 5.91 Å². The summed E-state index contributed by atoms with van der Waals surface area (Å²) < 4.78 is 5.58. The van der Waals surface area contributed by atoms with Crippen LogP contribution in [0.25, 0.3) is 0 Å². The molecule has 6 heteroatoms. The molecule has 0 saturated heterocycles. The first-order valence-electron chi connectivity index (χ1n) is 8.25. The summed E-state index contributed by atoms with van der Waals surface area (Å²) in [5.74, 6) is 2.42. The molecule has 0 saturated carbocycles. The molecule has 0 N–H and O–H groups in total. The summed E-state index contributed by atoms with van der Waals surface area (Å²) >= 11 is 0. The first-order chi connectivity index (χ1) is 11.4. The molecule has 1 aliphatic rings. The summed E-state index contributed by atoms with van der Waals surface area (Å²) in [6.07, 6.45) is 0.748. The number of carbonyl (C=O) groups is 1. The van der Waals surface area contributed by atoms with E-state index >= 15 is 0 Å². The first kappa shape index (κ1) is 16.5. The van der Waals surface area contributed by atoms with Crippen LogP contribution in [0.1, 0.15) is 41.2 Å². The van der Waals surface area contributed by atoms with Crippen molar-refractivity contribution in [3.05, 3.63) is 40.5 Å². The van der Waals surface area contributed by atoms with E-state index in [0.717, 1.165) is 40.6 Å². The van der Waals surface area contributed by atoms with Crippen LogP contribution in [0.15, 0.2) is 16.5 Å². The van der Waals surface area contributed by atoms with E-state index in [1.807, 2.05) is 56.8 Å². The fourth-order valence-corrected chi connectivity index (χ4v) is 3.21. The normalized spacial score (nSPS) is 15.1. The van der Waals surface area contributed by atoms with Crippen LogP contribution >= 0.6 is 0 Å². The lowest BCUT2D eigenvalue weighted by Crippen LogP contribution is -2.39. The van der Waals surface area contributed by atoms with Crippen LogP contribution in [0.5, 0.6) is 0 Å². The summed E-state index contributed by atoms with van der Waals surface area (Å²) in [4.78, 5) is 16.8. The molecule has 0 radical (unpaired) electrons. The Bertz CT molecular complexity index is 766. The topological polar surface area (TPSA) is 62.5 Å². The Morgan fingerprint density at radius 2 is 2.04 bits per heavy atom. The van der Waals surface area contributed by atoms with Gasteiger partial charge in [-0.25, -0.2) is 0 Å². The highest BCUT2D eigenvalue weighted by molar-refractivity contribution is 5.83. The highest BCUT2D eigenvalue weighted by atomic mass is 16.3. The van der Waals surface area contributed by atoms with Gasteiger partial charge in [-0.15, -0.1) is 5.10 Å². The van der Waals surface area contributed by atoms with Crippen LogP contribution in [0.3, 0.4) is 0 Å². The van der Waals surface area contributed by atoms with Crippen molar-refractivity contribution in [3.63, 3.8) is 0 Å². The van der Waals surface area contributed by atoms with Gasteiger partial charge in [0.25, 0.3) is 0 Å². The fourth-order valence-electron chi connectivity index (χ4n) is 3.21. The molecule has 1 atom stereocenters. The van der Waals surface area contributed by atoms with Crippen LogP contribution in [0.2, 0.25) is 0 Å². The quantitative estimate of drug-likeness (QED) is 0.866. The van der Waals surface area contributed by atoms with Gasteiger partial charge in [0.05, 0.1) is 11.6 Å².